The number of halogens is 1. The van der Waals surface area contributed by atoms with Gasteiger partial charge in [-0.15, -0.1) is 0 Å². The van der Waals surface area contributed by atoms with E-state index in [0.29, 0.717) is 5.56 Å². The van der Waals surface area contributed by atoms with Crippen LogP contribution in [0.1, 0.15) is 10.4 Å². The highest BCUT2D eigenvalue weighted by Crippen LogP contribution is 2.32. The zero-order valence-corrected chi connectivity index (χ0v) is 11.4. The Morgan fingerprint density at radius 1 is 1.35 bits per heavy atom. The number of carbonyl (C=O) groups excluding carboxylic acids is 1. The van der Waals surface area contributed by atoms with Crippen LogP contribution in [0.2, 0.25) is 0 Å². The number of rotatable bonds is 2. The number of hydrogen-bond acceptors (Lipinski definition) is 3. The van der Waals surface area contributed by atoms with Gasteiger partial charge in [0.05, 0.1) is 29.8 Å². The van der Waals surface area contributed by atoms with Gasteiger partial charge in [-0.2, -0.15) is 0 Å². The predicted octanol–water partition coefficient (Wildman–Crippen LogP) is 2.74. The molecule has 0 radical (unpaired) electrons. The Kier molecular flexibility index (Phi) is 3.11. The molecule has 0 spiro atoms. The number of benzene rings is 1. The summed E-state index contributed by atoms with van der Waals surface area (Å²) in [7, 11) is 4.86. The second-order valence-corrected chi connectivity index (χ2v) is 4.50. The van der Waals surface area contributed by atoms with Gasteiger partial charge in [0.25, 0.3) is 0 Å². The summed E-state index contributed by atoms with van der Waals surface area (Å²) in [5.41, 5.74) is 1.47. The van der Waals surface area contributed by atoms with Gasteiger partial charge in [0.1, 0.15) is 5.75 Å². The second kappa shape index (κ2) is 4.41. The van der Waals surface area contributed by atoms with Crippen molar-refractivity contribution >= 4 is 32.8 Å². The molecule has 1 heterocycles. The lowest BCUT2D eigenvalue weighted by atomic mass is 10.2. The van der Waals surface area contributed by atoms with E-state index in [9.17, 15) is 4.79 Å². The van der Waals surface area contributed by atoms with Gasteiger partial charge in [0.2, 0.25) is 0 Å². The summed E-state index contributed by atoms with van der Waals surface area (Å²) in [5.74, 6) is 0.391. The van der Waals surface area contributed by atoms with Crippen molar-refractivity contribution in [3.05, 3.63) is 28.4 Å². The van der Waals surface area contributed by atoms with Crippen LogP contribution in [0, 0.1) is 0 Å². The van der Waals surface area contributed by atoms with Gasteiger partial charge >= 0.3 is 5.97 Å². The number of fused-ring (bicyclic) bond motifs is 1. The standard InChI is InChI=1S/C12H12BrNO3/c1-14-6-8(12(15)17-3)7-4-9(13)11(16-2)5-10(7)14/h4-6H,1-3H3. The van der Waals surface area contributed by atoms with Crippen molar-refractivity contribution in [3.63, 3.8) is 0 Å². The number of methoxy groups -OCH3 is 2. The van der Waals surface area contributed by atoms with E-state index in [-0.39, 0.29) is 5.97 Å². The molecule has 17 heavy (non-hydrogen) atoms. The molecule has 0 saturated heterocycles. The summed E-state index contributed by atoms with van der Waals surface area (Å²) in [5, 5.41) is 0.840. The minimum atomic E-state index is -0.340. The second-order valence-electron chi connectivity index (χ2n) is 3.65. The molecule has 0 N–H and O–H groups in total. The van der Waals surface area contributed by atoms with Crippen molar-refractivity contribution in [2.75, 3.05) is 14.2 Å². The molecule has 5 heteroatoms. The molecule has 2 rings (SSSR count). The van der Waals surface area contributed by atoms with Crippen molar-refractivity contribution in [2.45, 2.75) is 0 Å². The Morgan fingerprint density at radius 3 is 2.65 bits per heavy atom. The predicted molar refractivity (Wildman–Crippen MR) is 68.5 cm³/mol. The lowest BCUT2D eigenvalue weighted by molar-refractivity contribution is 0.0603. The van der Waals surface area contributed by atoms with Crippen LogP contribution >= 0.6 is 15.9 Å². The topological polar surface area (TPSA) is 40.5 Å². The molecule has 4 nitrogen and oxygen atoms in total. The number of nitrogens with zero attached hydrogens (tertiary/aromatic N) is 1. The van der Waals surface area contributed by atoms with Crippen molar-refractivity contribution in [1.82, 2.24) is 4.57 Å². The van der Waals surface area contributed by atoms with Crippen LogP contribution in [-0.4, -0.2) is 24.8 Å². The Balaban J connectivity index is 2.74. The van der Waals surface area contributed by atoms with E-state index in [4.69, 9.17) is 9.47 Å². The summed E-state index contributed by atoms with van der Waals surface area (Å²) < 4.78 is 12.7. The number of ether oxygens (including phenoxy) is 2. The van der Waals surface area contributed by atoms with E-state index in [1.165, 1.54) is 7.11 Å². The third-order valence-electron chi connectivity index (χ3n) is 2.67. The number of aryl methyl sites for hydroxylation is 1. The summed E-state index contributed by atoms with van der Waals surface area (Å²) in [6, 6.07) is 3.74. The van der Waals surface area contributed by atoms with E-state index >= 15 is 0 Å². The number of carbonyl (C=O) groups is 1. The van der Waals surface area contributed by atoms with Crippen molar-refractivity contribution in [1.29, 1.82) is 0 Å². The Morgan fingerprint density at radius 2 is 2.06 bits per heavy atom. The average molecular weight is 298 g/mol. The Labute approximate surface area is 107 Å². The largest absolute Gasteiger partial charge is 0.495 e. The normalized spacial score (nSPS) is 10.6. The molecule has 1 aromatic carbocycles. The number of esters is 1. The number of hydrogen-bond donors (Lipinski definition) is 0. The Hall–Kier alpha value is -1.49. The van der Waals surface area contributed by atoms with Crippen LogP contribution in [0.15, 0.2) is 22.8 Å². The van der Waals surface area contributed by atoms with Gasteiger partial charge in [-0.25, -0.2) is 4.79 Å². The zero-order chi connectivity index (χ0) is 12.6. The molecular weight excluding hydrogens is 286 g/mol. The summed E-state index contributed by atoms with van der Waals surface area (Å²) in [6.45, 7) is 0. The summed E-state index contributed by atoms with van der Waals surface area (Å²) in [4.78, 5) is 11.6. The molecule has 0 saturated carbocycles. The van der Waals surface area contributed by atoms with Crippen molar-refractivity contribution < 1.29 is 14.3 Å². The highest BCUT2D eigenvalue weighted by molar-refractivity contribution is 9.10. The van der Waals surface area contributed by atoms with E-state index < -0.39 is 0 Å². The maximum absolute atomic E-state index is 11.6. The van der Waals surface area contributed by atoms with Gasteiger partial charge in [-0.1, -0.05) is 0 Å². The van der Waals surface area contributed by atoms with Crippen LogP contribution in [0.4, 0.5) is 0 Å². The molecule has 0 unspecified atom stereocenters. The fraction of sp³-hybridized carbons (Fsp3) is 0.250. The van der Waals surface area contributed by atoms with Crippen molar-refractivity contribution in [2.24, 2.45) is 7.05 Å². The van der Waals surface area contributed by atoms with E-state index in [1.54, 1.807) is 13.3 Å². The first-order valence-corrected chi connectivity index (χ1v) is 5.78. The molecule has 0 amide bonds. The maximum Gasteiger partial charge on any atom is 0.340 e. The maximum atomic E-state index is 11.6. The molecule has 0 fully saturated rings. The molecule has 90 valence electrons. The third-order valence-corrected chi connectivity index (χ3v) is 3.29. The lowest BCUT2D eigenvalue weighted by Crippen LogP contribution is -1.99. The lowest BCUT2D eigenvalue weighted by Gasteiger charge is -2.04. The van der Waals surface area contributed by atoms with Crippen LogP contribution in [-0.2, 0) is 11.8 Å². The first-order chi connectivity index (χ1) is 8.08. The molecule has 1 aromatic heterocycles. The summed E-state index contributed by atoms with van der Waals surface area (Å²) in [6.07, 6.45) is 1.75. The molecule has 0 aliphatic carbocycles. The highest BCUT2D eigenvalue weighted by Gasteiger charge is 2.16. The molecule has 0 aliphatic heterocycles. The average Bonchev–Trinajstić information content (AvgIpc) is 2.64. The van der Waals surface area contributed by atoms with Crippen molar-refractivity contribution in [3.8, 4) is 5.75 Å². The fourth-order valence-corrected chi connectivity index (χ4v) is 2.32. The monoisotopic (exact) mass is 297 g/mol. The quantitative estimate of drug-likeness (QED) is 0.800. The van der Waals surface area contributed by atoms with Crippen LogP contribution in [0.3, 0.4) is 0 Å². The fourth-order valence-electron chi connectivity index (χ4n) is 1.81. The van der Waals surface area contributed by atoms with Crippen LogP contribution in [0.5, 0.6) is 5.75 Å². The van der Waals surface area contributed by atoms with Crippen LogP contribution < -0.4 is 4.74 Å². The molecule has 0 bridgehead atoms. The zero-order valence-electron chi connectivity index (χ0n) is 9.78. The van der Waals surface area contributed by atoms with Gasteiger partial charge < -0.3 is 14.0 Å². The first-order valence-electron chi connectivity index (χ1n) is 4.99. The first kappa shape index (κ1) is 12.0. The van der Waals surface area contributed by atoms with Crippen LogP contribution in [0.25, 0.3) is 10.9 Å². The van der Waals surface area contributed by atoms with Gasteiger partial charge in [-0.3, -0.25) is 0 Å². The molecule has 0 aliphatic rings. The highest BCUT2D eigenvalue weighted by atomic mass is 79.9. The van der Waals surface area contributed by atoms with Gasteiger partial charge in [0, 0.05) is 24.7 Å². The molecular formula is C12H12BrNO3. The SMILES string of the molecule is COC(=O)c1cn(C)c2cc(OC)c(Br)cc12. The van der Waals surface area contributed by atoms with Gasteiger partial charge in [-0.05, 0) is 22.0 Å². The molecule has 0 atom stereocenters. The number of aromatic nitrogens is 1. The molecule has 2 aromatic rings. The minimum Gasteiger partial charge on any atom is -0.495 e. The van der Waals surface area contributed by atoms with E-state index in [1.807, 2.05) is 23.7 Å². The summed E-state index contributed by atoms with van der Waals surface area (Å²) >= 11 is 3.41. The van der Waals surface area contributed by atoms with Gasteiger partial charge in [0.15, 0.2) is 0 Å². The van der Waals surface area contributed by atoms with E-state index in [0.717, 1.165) is 21.1 Å². The smallest absolute Gasteiger partial charge is 0.340 e. The third kappa shape index (κ3) is 1.91. The minimum absolute atomic E-state index is 0.340. The van der Waals surface area contributed by atoms with E-state index in [2.05, 4.69) is 15.9 Å². The Bertz CT molecular complexity index is 589.